The van der Waals surface area contributed by atoms with Gasteiger partial charge >= 0.3 is 6.61 Å². The quantitative estimate of drug-likeness (QED) is 0.792. The monoisotopic (exact) mass is 383 g/mol. The van der Waals surface area contributed by atoms with E-state index in [4.69, 9.17) is 11.6 Å². The molecule has 0 bridgehead atoms. The molecule has 1 aliphatic heterocycles. The van der Waals surface area contributed by atoms with Crippen molar-refractivity contribution in [2.24, 2.45) is 0 Å². The summed E-state index contributed by atoms with van der Waals surface area (Å²) in [5, 5.41) is 5.96. The van der Waals surface area contributed by atoms with Crippen LogP contribution in [0.15, 0.2) is 18.2 Å². The molecule has 1 saturated heterocycles. The highest BCUT2D eigenvalue weighted by atomic mass is 35.5. The van der Waals surface area contributed by atoms with Crippen molar-refractivity contribution in [2.45, 2.75) is 25.5 Å². The summed E-state index contributed by atoms with van der Waals surface area (Å²) in [6.07, 6.45) is 2.15. The van der Waals surface area contributed by atoms with Crippen LogP contribution in [0.3, 0.4) is 0 Å². The molecule has 1 aliphatic rings. The second kappa shape index (κ2) is 9.98. The molecule has 1 aromatic rings. The Bertz CT molecular complexity index is 549. The zero-order valence-corrected chi connectivity index (χ0v) is 14.8. The van der Waals surface area contributed by atoms with Crippen LogP contribution in [0, 0.1) is 0 Å². The van der Waals surface area contributed by atoms with Gasteiger partial charge in [0.05, 0.1) is 11.6 Å². The number of carbonyl (C=O) groups is 1. The minimum Gasteiger partial charge on any atom is -0.433 e. The largest absolute Gasteiger partial charge is 0.433 e. The van der Waals surface area contributed by atoms with Gasteiger partial charge in [-0.15, -0.1) is 12.4 Å². The summed E-state index contributed by atoms with van der Waals surface area (Å²) in [5.74, 6) is -0.284. The van der Waals surface area contributed by atoms with Crippen molar-refractivity contribution in [1.82, 2.24) is 10.2 Å². The number of ether oxygens (including phenoxy) is 1. The second-order valence-electron chi connectivity index (χ2n) is 5.43. The highest BCUT2D eigenvalue weighted by Crippen LogP contribution is 2.28. The number of rotatable bonds is 6. The van der Waals surface area contributed by atoms with E-state index in [1.807, 2.05) is 7.05 Å². The molecule has 1 amide bonds. The van der Waals surface area contributed by atoms with Crippen LogP contribution < -0.4 is 15.4 Å². The standard InChI is InChI=1S/C15H20ClF2N3O2.ClH/c1-19-11-3-2-6-21(8-11)9-14(22)20-10-4-5-13(12(16)7-10)23-15(17)18;/h4-5,7,11,15,19H,2-3,6,8-9H2,1H3,(H,20,22);1H. The van der Waals surface area contributed by atoms with Crippen molar-refractivity contribution in [3.63, 3.8) is 0 Å². The third-order valence-corrected chi connectivity index (χ3v) is 4.01. The molecule has 1 atom stereocenters. The maximum absolute atomic E-state index is 12.2. The normalized spacial score (nSPS) is 18.1. The van der Waals surface area contributed by atoms with E-state index >= 15 is 0 Å². The van der Waals surface area contributed by atoms with E-state index in [1.54, 1.807) is 0 Å². The van der Waals surface area contributed by atoms with Gasteiger partial charge in [-0.3, -0.25) is 9.69 Å². The first-order valence-corrected chi connectivity index (χ1v) is 7.79. The fourth-order valence-electron chi connectivity index (χ4n) is 2.61. The summed E-state index contributed by atoms with van der Waals surface area (Å²) >= 11 is 5.86. The average molecular weight is 384 g/mol. The number of halogens is 4. The van der Waals surface area contributed by atoms with Crippen molar-refractivity contribution in [3.05, 3.63) is 23.2 Å². The van der Waals surface area contributed by atoms with Gasteiger partial charge in [0.15, 0.2) is 0 Å². The van der Waals surface area contributed by atoms with Crippen molar-refractivity contribution in [1.29, 1.82) is 0 Å². The molecule has 0 aromatic heterocycles. The molecule has 1 aromatic carbocycles. The lowest BCUT2D eigenvalue weighted by Gasteiger charge is -2.31. The lowest BCUT2D eigenvalue weighted by atomic mass is 10.1. The zero-order chi connectivity index (χ0) is 16.8. The molecule has 2 N–H and O–H groups in total. The van der Waals surface area contributed by atoms with E-state index in [2.05, 4.69) is 20.3 Å². The molecular weight excluding hydrogens is 363 g/mol. The first-order valence-electron chi connectivity index (χ1n) is 7.41. The Hall–Kier alpha value is -1.15. The number of alkyl halides is 2. The lowest BCUT2D eigenvalue weighted by molar-refractivity contribution is -0.117. The predicted molar refractivity (Wildman–Crippen MR) is 92.5 cm³/mol. The molecule has 136 valence electrons. The van der Waals surface area contributed by atoms with E-state index in [0.29, 0.717) is 11.7 Å². The van der Waals surface area contributed by atoms with Gasteiger partial charge in [0.2, 0.25) is 5.91 Å². The first kappa shape index (κ1) is 20.9. The summed E-state index contributed by atoms with van der Waals surface area (Å²) in [4.78, 5) is 14.2. The molecule has 0 aliphatic carbocycles. The molecule has 1 fully saturated rings. The van der Waals surface area contributed by atoms with E-state index in [1.165, 1.54) is 18.2 Å². The molecule has 0 spiro atoms. The van der Waals surface area contributed by atoms with E-state index in [0.717, 1.165) is 25.9 Å². The van der Waals surface area contributed by atoms with Crippen molar-refractivity contribution < 1.29 is 18.3 Å². The predicted octanol–water partition coefficient (Wildman–Crippen LogP) is 2.99. The lowest BCUT2D eigenvalue weighted by Crippen LogP contribution is -2.46. The van der Waals surface area contributed by atoms with Crippen molar-refractivity contribution >= 4 is 35.6 Å². The number of hydrogen-bond acceptors (Lipinski definition) is 4. The molecule has 9 heteroatoms. The number of likely N-dealkylation sites (N-methyl/N-ethyl adjacent to an activating group) is 1. The second-order valence-corrected chi connectivity index (χ2v) is 5.84. The van der Waals surface area contributed by atoms with Crippen LogP contribution in [0.5, 0.6) is 5.75 Å². The molecule has 0 saturated carbocycles. The van der Waals surface area contributed by atoms with Gasteiger partial charge in [0.25, 0.3) is 0 Å². The molecule has 5 nitrogen and oxygen atoms in total. The molecule has 24 heavy (non-hydrogen) atoms. The first-order chi connectivity index (χ1) is 11.0. The van der Waals surface area contributed by atoms with Crippen LogP contribution in [0.4, 0.5) is 14.5 Å². The summed E-state index contributed by atoms with van der Waals surface area (Å²) in [7, 11) is 1.92. The van der Waals surface area contributed by atoms with Crippen LogP contribution in [0.25, 0.3) is 0 Å². The van der Waals surface area contributed by atoms with E-state index in [-0.39, 0.29) is 35.6 Å². The molecule has 2 rings (SSSR count). The number of amides is 1. The van der Waals surface area contributed by atoms with Crippen molar-refractivity contribution in [2.75, 3.05) is 32.0 Å². The Kier molecular flexibility index (Phi) is 8.69. The minimum absolute atomic E-state index is 0. The minimum atomic E-state index is -2.94. The van der Waals surface area contributed by atoms with Gasteiger partial charge in [-0.1, -0.05) is 11.6 Å². The fraction of sp³-hybridized carbons (Fsp3) is 0.533. The number of carbonyl (C=O) groups excluding carboxylic acids is 1. The number of piperidine rings is 1. The van der Waals surface area contributed by atoms with Crippen LogP contribution in [0.1, 0.15) is 12.8 Å². The van der Waals surface area contributed by atoms with Gasteiger partial charge in [0.1, 0.15) is 5.75 Å². The Balaban J connectivity index is 0.00000288. The number of nitrogens with one attached hydrogen (secondary N) is 2. The van der Waals surface area contributed by atoms with Crippen LogP contribution in [-0.2, 0) is 4.79 Å². The number of nitrogens with zero attached hydrogens (tertiary/aromatic N) is 1. The number of likely N-dealkylation sites (tertiary alicyclic amines) is 1. The summed E-state index contributed by atoms with van der Waals surface area (Å²) in [5.41, 5.74) is 0.448. The van der Waals surface area contributed by atoms with E-state index in [9.17, 15) is 13.6 Å². The highest BCUT2D eigenvalue weighted by molar-refractivity contribution is 6.32. The molecular formula is C15H21Cl2F2N3O2. The number of hydrogen-bond donors (Lipinski definition) is 2. The Labute approximate surface area is 151 Å². The third-order valence-electron chi connectivity index (χ3n) is 3.71. The summed E-state index contributed by atoms with van der Waals surface area (Å²) < 4.78 is 28.6. The maximum atomic E-state index is 12.2. The van der Waals surface area contributed by atoms with Gasteiger partial charge in [-0.05, 0) is 44.6 Å². The van der Waals surface area contributed by atoms with Gasteiger partial charge in [-0.25, -0.2) is 0 Å². The zero-order valence-electron chi connectivity index (χ0n) is 13.2. The fourth-order valence-corrected chi connectivity index (χ4v) is 2.83. The third kappa shape index (κ3) is 6.39. The number of anilines is 1. The van der Waals surface area contributed by atoms with Crippen LogP contribution >= 0.6 is 24.0 Å². The average Bonchev–Trinajstić information content (AvgIpc) is 2.49. The summed E-state index contributed by atoms with van der Waals surface area (Å²) in [6, 6.07) is 4.58. The molecule has 1 heterocycles. The van der Waals surface area contributed by atoms with Crippen LogP contribution in [-0.4, -0.2) is 50.1 Å². The smallest absolute Gasteiger partial charge is 0.387 e. The topological polar surface area (TPSA) is 53.6 Å². The van der Waals surface area contributed by atoms with Crippen molar-refractivity contribution in [3.8, 4) is 5.75 Å². The Morgan fingerprint density at radius 2 is 2.25 bits per heavy atom. The van der Waals surface area contributed by atoms with Crippen LogP contribution in [0.2, 0.25) is 5.02 Å². The van der Waals surface area contributed by atoms with E-state index < -0.39 is 6.61 Å². The molecule has 1 unspecified atom stereocenters. The van der Waals surface area contributed by atoms with Gasteiger partial charge in [-0.2, -0.15) is 8.78 Å². The highest BCUT2D eigenvalue weighted by Gasteiger charge is 2.20. The van der Waals surface area contributed by atoms with Gasteiger partial charge in [0, 0.05) is 18.3 Å². The molecule has 0 radical (unpaired) electrons. The Morgan fingerprint density at radius 1 is 1.50 bits per heavy atom. The maximum Gasteiger partial charge on any atom is 0.387 e. The Morgan fingerprint density at radius 3 is 2.88 bits per heavy atom. The summed E-state index contributed by atoms with van der Waals surface area (Å²) in [6.45, 7) is -0.947. The SMILES string of the molecule is CNC1CCCN(CC(=O)Nc2ccc(OC(F)F)c(Cl)c2)C1.Cl. The number of benzene rings is 1. The van der Waals surface area contributed by atoms with Gasteiger partial charge < -0.3 is 15.4 Å².